The van der Waals surface area contributed by atoms with Gasteiger partial charge in [-0.15, -0.1) is 0 Å². The van der Waals surface area contributed by atoms with Gasteiger partial charge in [-0.25, -0.2) is 4.98 Å². The third-order valence-electron chi connectivity index (χ3n) is 5.70. The average molecular weight is 486 g/mol. The monoisotopic (exact) mass is 486 g/mol. The Morgan fingerprint density at radius 3 is 2.08 bits per heavy atom. The number of anilines is 2. The summed E-state index contributed by atoms with van der Waals surface area (Å²) in [5.41, 5.74) is 0.448. The number of nitrogens with zero attached hydrogens (tertiary/aromatic N) is 6. The number of piperazine rings is 1. The zero-order valence-corrected chi connectivity index (χ0v) is 19.7. The molecule has 0 unspecified atom stereocenters. The minimum absolute atomic E-state index is 0.180. The van der Waals surface area contributed by atoms with Crippen LogP contribution in [0.15, 0.2) is 49.6 Å². The van der Waals surface area contributed by atoms with Gasteiger partial charge in [0.15, 0.2) is 11.7 Å². The molecule has 1 aliphatic rings. The van der Waals surface area contributed by atoms with E-state index in [1.165, 1.54) is 0 Å². The Hall–Kier alpha value is -4.90. The van der Waals surface area contributed by atoms with Gasteiger partial charge in [0.05, 0.1) is 7.11 Å². The van der Waals surface area contributed by atoms with Crippen molar-refractivity contribution < 1.29 is 22.7 Å². The van der Waals surface area contributed by atoms with Gasteiger partial charge in [0.2, 0.25) is 23.2 Å². The van der Waals surface area contributed by atoms with Crippen molar-refractivity contribution in [1.82, 2.24) is 9.97 Å². The van der Waals surface area contributed by atoms with Crippen molar-refractivity contribution in [2.45, 2.75) is 13.5 Å². The summed E-state index contributed by atoms with van der Waals surface area (Å²) in [4.78, 5) is 12.3. The van der Waals surface area contributed by atoms with Crippen LogP contribution in [0.2, 0.25) is 0 Å². The third kappa shape index (κ3) is 4.55. The van der Waals surface area contributed by atoms with Crippen LogP contribution in [0.4, 0.5) is 11.8 Å². The highest BCUT2D eigenvalue weighted by molar-refractivity contribution is 5.57. The van der Waals surface area contributed by atoms with Crippen molar-refractivity contribution in [3.63, 3.8) is 0 Å². The van der Waals surface area contributed by atoms with E-state index in [1.807, 2.05) is 34.1 Å². The number of furan rings is 1. The number of aryl methyl sites for hydroxylation is 1. The number of ether oxygens (including phenoxy) is 2. The Kier molecular flexibility index (Phi) is 6.20. The van der Waals surface area contributed by atoms with Crippen LogP contribution in [-0.4, -0.2) is 43.3 Å². The molecule has 0 N–H and O–H groups in total. The number of benzene rings is 1. The first kappa shape index (κ1) is 22.9. The number of aromatic nitrogens is 2. The fourth-order valence-corrected chi connectivity index (χ4v) is 3.92. The van der Waals surface area contributed by atoms with E-state index in [1.54, 1.807) is 26.2 Å². The SMILES string of the molecule is COc1ccc(OCc2ccc(-c3nc(C#N)c(N4CCN(c5oc(C)nc5C#N)CC4)o3)o2)cc1. The predicted octanol–water partition coefficient (Wildman–Crippen LogP) is 3.89. The highest BCUT2D eigenvalue weighted by Gasteiger charge is 2.28. The topological polar surface area (TPSA) is 138 Å². The third-order valence-corrected chi connectivity index (χ3v) is 5.70. The molecule has 182 valence electrons. The standard InChI is InChI=1S/C25H22N6O5/c1-16-28-20(13-26)24(34-16)30-9-11-31(12-10-30)25-21(14-27)29-23(36-25)22-8-7-19(35-22)15-33-18-5-3-17(32-2)4-6-18/h3-8H,9-12,15H2,1-2H3. The first-order valence-electron chi connectivity index (χ1n) is 11.2. The number of methoxy groups -OCH3 is 1. The summed E-state index contributed by atoms with van der Waals surface area (Å²) in [5, 5.41) is 18.9. The molecule has 36 heavy (non-hydrogen) atoms. The van der Waals surface area contributed by atoms with E-state index in [9.17, 15) is 10.5 Å². The van der Waals surface area contributed by atoms with Crippen LogP contribution in [0.25, 0.3) is 11.7 Å². The molecule has 0 amide bonds. The summed E-state index contributed by atoms with van der Waals surface area (Å²) >= 11 is 0. The van der Waals surface area contributed by atoms with E-state index in [0.717, 1.165) is 5.75 Å². The Labute approximate surface area is 206 Å². The highest BCUT2D eigenvalue weighted by atomic mass is 16.5. The number of hydrogen-bond acceptors (Lipinski definition) is 11. The zero-order chi connectivity index (χ0) is 25.1. The van der Waals surface area contributed by atoms with E-state index in [0.29, 0.717) is 61.1 Å². The molecule has 1 fully saturated rings. The molecule has 1 saturated heterocycles. The first-order chi connectivity index (χ1) is 17.6. The van der Waals surface area contributed by atoms with Gasteiger partial charge < -0.3 is 32.5 Å². The van der Waals surface area contributed by atoms with Gasteiger partial charge in [-0.05, 0) is 36.4 Å². The lowest BCUT2D eigenvalue weighted by Crippen LogP contribution is -2.46. The fourth-order valence-electron chi connectivity index (χ4n) is 3.92. The van der Waals surface area contributed by atoms with Crippen LogP contribution < -0.4 is 19.3 Å². The molecule has 0 saturated carbocycles. The maximum absolute atomic E-state index is 9.63. The number of rotatable bonds is 7. The van der Waals surface area contributed by atoms with Crippen LogP contribution in [0.5, 0.6) is 11.5 Å². The second-order valence-electron chi connectivity index (χ2n) is 7.99. The molecule has 0 atom stereocenters. The second-order valence-corrected chi connectivity index (χ2v) is 7.99. The maximum Gasteiger partial charge on any atom is 0.266 e. The van der Waals surface area contributed by atoms with Gasteiger partial charge in [0, 0.05) is 33.1 Å². The van der Waals surface area contributed by atoms with Crippen molar-refractivity contribution in [2.75, 3.05) is 43.1 Å². The molecule has 11 nitrogen and oxygen atoms in total. The number of hydrogen-bond donors (Lipinski definition) is 0. The van der Waals surface area contributed by atoms with Crippen molar-refractivity contribution in [3.05, 3.63) is 59.4 Å². The van der Waals surface area contributed by atoms with Gasteiger partial charge in [-0.3, -0.25) is 0 Å². The lowest BCUT2D eigenvalue weighted by Gasteiger charge is -2.34. The van der Waals surface area contributed by atoms with Crippen molar-refractivity contribution in [3.8, 4) is 35.3 Å². The van der Waals surface area contributed by atoms with Crippen LogP contribution in [0, 0.1) is 29.6 Å². The fraction of sp³-hybridized carbons (Fsp3) is 0.280. The van der Waals surface area contributed by atoms with Gasteiger partial charge >= 0.3 is 0 Å². The number of nitriles is 2. The van der Waals surface area contributed by atoms with E-state index >= 15 is 0 Å². The minimum atomic E-state index is 0.180. The first-order valence-corrected chi connectivity index (χ1v) is 11.2. The van der Waals surface area contributed by atoms with E-state index in [-0.39, 0.29) is 23.9 Å². The van der Waals surface area contributed by atoms with Crippen molar-refractivity contribution in [2.24, 2.45) is 0 Å². The summed E-state index contributed by atoms with van der Waals surface area (Å²) in [6.07, 6.45) is 0. The molecular weight excluding hydrogens is 464 g/mol. The lowest BCUT2D eigenvalue weighted by molar-refractivity contribution is 0.270. The summed E-state index contributed by atoms with van der Waals surface area (Å²) in [6, 6.07) is 14.9. The van der Waals surface area contributed by atoms with Gasteiger partial charge in [0.25, 0.3) is 5.89 Å². The molecule has 0 bridgehead atoms. The van der Waals surface area contributed by atoms with Crippen LogP contribution in [0.1, 0.15) is 23.0 Å². The predicted molar refractivity (Wildman–Crippen MR) is 127 cm³/mol. The average Bonchev–Trinajstić information content (AvgIpc) is 3.65. The molecule has 11 heteroatoms. The summed E-state index contributed by atoms with van der Waals surface area (Å²) in [7, 11) is 1.61. The maximum atomic E-state index is 9.63. The van der Waals surface area contributed by atoms with Crippen molar-refractivity contribution >= 4 is 11.8 Å². The molecule has 4 aromatic rings. The smallest absolute Gasteiger partial charge is 0.266 e. The summed E-state index contributed by atoms with van der Waals surface area (Å²) in [5.74, 6) is 3.93. The molecule has 0 aliphatic carbocycles. The Bertz CT molecular complexity index is 1430. The molecule has 0 radical (unpaired) electrons. The van der Waals surface area contributed by atoms with Crippen LogP contribution >= 0.6 is 0 Å². The highest BCUT2D eigenvalue weighted by Crippen LogP contribution is 2.31. The molecule has 1 aromatic carbocycles. The Balaban J connectivity index is 1.25. The quantitative estimate of drug-likeness (QED) is 0.376. The molecule has 4 heterocycles. The molecule has 3 aromatic heterocycles. The molecule has 5 rings (SSSR count). The Morgan fingerprint density at radius 2 is 1.44 bits per heavy atom. The van der Waals surface area contributed by atoms with Crippen LogP contribution in [-0.2, 0) is 6.61 Å². The molecular formula is C25H22N6O5. The van der Waals surface area contributed by atoms with E-state index in [4.69, 9.17) is 22.7 Å². The summed E-state index contributed by atoms with van der Waals surface area (Å²) < 4.78 is 28.3. The second kappa shape index (κ2) is 9.76. The van der Waals surface area contributed by atoms with E-state index < -0.39 is 0 Å². The lowest BCUT2D eigenvalue weighted by atomic mass is 10.3. The van der Waals surface area contributed by atoms with Crippen LogP contribution in [0.3, 0.4) is 0 Å². The van der Waals surface area contributed by atoms with Gasteiger partial charge in [0.1, 0.15) is 36.0 Å². The normalized spacial score (nSPS) is 13.3. The molecule has 1 aliphatic heterocycles. The minimum Gasteiger partial charge on any atom is -0.497 e. The van der Waals surface area contributed by atoms with Crippen molar-refractivity contribution in [1.29, 1.82) is 10.5 Å². The van der Waals surface area contributed by atoms with E-state index in [2.05, 4.69) is 22.1 Å². The van der Waals surface area contributed by atoms with Gasteiger partial charge in [-0.2, -0.15) is 15.5 Å². The largest absolute Gasteiger partial charge is 0.497 e. The molecule has 0 spiro atoms. The van der Waals surface area contributed by atoms with Gasteiger partial charge in [-0.1, -0.05) is 0 Å². The Morgan fingerprint density at radius 1 is 0.833 bits per heavy atom. The number of oxazole rings is 2. The summed E-state index contributed by atoms with van der Waals surface area (Å²) in [6.45, 7) is 4.16. The zero-order valence-electron chi connectivity index (χ0n) is 19.7.